The average Bonchev–Trinajstić information content (AvgIpc) is 1.46. The molecule has 12 aromatic carbocycles. The molecule has 15 rings (SSSR count). The summed E-state index contributed by atoms with van der Waals surface area (Å²) in [5.74, 6) is 0.228. The number of benzene rings is 12. The molecule has 0 spiro atoms. The van der Waals surface area contributed by atoms with E-state index in [4.69, 9.17) is 24.5 Å². The molecule has 2 heterocycles. The van der Waals surface area contributed by atoms with E-state index in [9.17, 15) is 13.7 Å². The largest absolute Gasteiger partial charge is 0.208 e. The molecule has 2 aromatic heterocycles. The summed E-state index contributed by atoms with van der Waals surface area (Å²) in [4.78, 5) is 15.4. The van der Waals surface area contributed by atoms with E-state index < -0.39 is 129 Å². The summed E-state index contributed by atoms with van der Waals surface area (Å²) in [6.07, 6.45) is 0. The molecule has 344 valence electrons. The van der Waals surface area contributed by atoms with E-state index in [-0.39, 0.29) is 65.4 Å². The summed E-state index contributed by atoms with van der Waals surface area (Å²) in [6.45, 7) is 0. The molecule has 14 aromatic rings. The molecule has 74 heavy (non-hydrogen) atoms. The summed E-state index contributed by atoms with van der Waals surface area (Å²) in [7, 11) is 0. The van der Waals surface area contributed by atoms with Crippen molar-refractivity contribution < 1.29 is 23.3 Å². The monoisotopic (exact) mass is 974 g/mol. The maximum Gasteiger partial charge on any atom is 0.164 e. The third-order valence-corrected chi connectivity index (χ3v) is 15.1. The first-order valence-corrected chi connectivity index (χ1v) is 24.7. The Labute approximate surface area is 456 Å². The maximum absolute atomic E-state index is 10.2. The van der Waals surface area contributed by atoms with E-state index in [1.807, 2.05) is 109 Å². The molecule has 0 amide bonds. The molecule has 1 aliphatic carbocycles. The quantitative estimate of drug-likeness (QED) is 0.149. The van der Waals surface area contributed by atoms with Gasteiger partial charge in [0, 0.05) is 36.9 Å². The highest BCUT2D eigenvalue weighted by Crippen LogP contribution is 2.57. The zero-order valence-corrected chi connectivity index (χ0v) is 39.6. The van der Waals surface area contributed by atoms with E-state index in [0.717, 1.165) is 55.8 Å². The second-order valence-electron chi connectivity index (χ2n) is 18.1. The van der Waals surface area contributed by atoms with Crippen molar-refractivity contribution in [3.63, 3.8) is 0 Å². The van der Waals surface area contributed by atoms with Crippen LogP contribution in [0.3, 0.4) is 0 Å². The van der Waals surface area contributed by atoms with Crippen LogP contribution in [-0.4, -0.2) is 15.0 Å². The number of aromatic nitrogens is 3. The summed E-state index contributed by atoms with van der Waals surface area (Å²) in [6, 6.07) is 41.0. The Kier molecular flexibility index (Phi) is 6.53. The van der Waals surface area contributed by atoms with Gasteiger partial charge < -0.3 is 0 Å². The van der Waals surface area contributed by atoms with Crippen LogP contribution in [0.5, 0.6) is 0 Å². The van der Waals surface area contributed by atoms with Crippen molar-refractivity contribution in [3.05, 3.63) is 283 Å². The Hall–Kier alpha value is -9.35. The van der Waals surface area contributed by atoms with Gasteiger partial charge in [-0.05, 0) is 118 Å². The molecular formula is C70H43N3S. The molecule has 3 nitrogen and oxygen atoms in total. The second-order valence-corrected chi connectivity index (χ2v) is 19.1. The molecule has 4 heteroatoms. The lowest BCUT2D eigenvalue weighted by atomic mass is 9.67. The Morgan fingerprint density at radius 3 is 1.57 bits per heavy atom. The molecular weight excluding hydrogens is 915 g/mol. The van der Waals surface area contributed by atoms with Crippen LogP contribution in [-0.2, 0) is 5.41 Å². The fraction of sp³-hybridized carbons (Fsp3) is 0.0143. The molecule has 1 aliphatic rings. The van der Waals surface area contributed by atoms with Crippen LogP contribution in [0.4, 0.5) is 0 Å². The first-order chi connectivity index (χ1) is 43.8. The van der Waals surface area contributed by atoms with Crippen molar-refractivity contribution in [2.75, 3.05) is 0 Å². The van der Waals surface area contributed by atoms with Gasteiger partial charge in [0.2, 0.25) is 0 Å². The van der Waals surface area contributed by atoms with Crippen LogP contribution in [0, 0.1) is 0 Å². The van der Waals surface area contributed by atoms with Gasteiger partial charge in [0.1, 0.15) is 0 Å². The van der Waals surface area contributed by atoms with Gasteiger partial charge in [0.25, 0.3) is 0 Å². The number of rotatable bonds is 7. The Balaban J connectivity index is 1.01. The third kappa shape index (κ3) is 6.55. The number of hydrogen-bond donors (Lipinski definition) is 0. The van der Waals surface area contributed by atoms with E-state index in [1.54, 1.807) is 0 Å². The minimum Gasteiger partial charge on any atom is -0.208 e. The van der Waals surface area contributed by atoms with Gasteiger partial charge >= 0.3 is 0 Å². The summed E-state index contributed by atoms with van der Waals surface area (Å²) < 4.78 is 159. The van der Waals surface area contributed by atoms with Gasteiger partial charge in [-0.1, -0.05) is 230 Å². The number of hydrogen-bond acceptors (Lipinski definition) is 4. The lowest BCUT2D eigenvalue weighted by molar-refractivity contribution is 0.768. The minimum atomic E-state index is -0.807. The third-order valence-electron chi connectivity index (χ3n) is 14.1. The van der Waals surface area contributed by atoms with Crippen molar-refractivity contribution in [3.8, 4) is 67.5 Å². The second kappa shape index (κ2) is 16.9. The van der Waals surface area contributed by atoms with Crippen LogP contribution in [0.1, 0.15) is 45.6 Å². The van der Waals surface area contributed by atoms with Crippen molar-refractivity contribution in [2.45, 2.75) is 5.41 Å². The zero-order chi connectivity index (χ0) is 63.5. The van der Waals surface area contributed by atoms with Crippen LogP contribution in [0.15, 0.2) is 260 Å². The van der Waals surface area contributed by atoms with Crippen molar-refractivity contribution in [1.29, 1.82) is 0 Å². The molecule has 0 fully saturated rings. The molecule has 0 saturated heterocycles. The zero-order valence-electron chi connectivity index (χ0n) is 55.8. The SMILES string of the molecule is [2H]c1c([2H])c(-c2c([2H])c([2H])c3c4c([2H])c([2H])c([2H])c([2H])c4c4c([2H])c([2H])c([2H])c([2H])c4c3c2[2H])c2c(sc3c([2H])c(-c4nc(-c5cccc(-c6ccccc6)c5)nc(-c5ccc6c(c5)C(c5ccccc5)(c5ccccc5)c5ccccc5-6)n4)c([2H])c([2H])c32)c1[2H]. The average molecular weight is 975 g/mol. The lowest BCUT2D eigenvalue weighted by Gasteiger charge is -2.34. The first-order valence-electron chi connectivity index (χ1n) is 32.4. The minimum absolute atomic E-state index is 0.00218. The summed E-state index contributed by atoms with van der Waals surface area (Å²) in [5, 5.41) is -2.62. The number of fused-ring (bicyclic) bond motifs is 12. The van der Waals surface area contributed by atoms with E-state index in [0.29, 0.717) is 11.1 Å². The fourth-order valence-corrected chi connectivity index (χ4v) is 11.8. The Bertz CT molecular complexity index is 5490. The predicted molar refractivity (Wildman–Crippen MR) is 310 cm³/mol. The van der Waals surface area contributed by atoms with Crippen LogP contribution >= 0.6 is 11.3 Å². The van der Waals surface area contributed by atoms with Crippen LogP contribution < -0.4 is 0 Å². The molecule has 0 aliphatic heterocycles. The molecule has 0 unspecified atom stereocenters. The molecule has 0 N–H and O–H groups in total. The predicted octanol–water partition coefficient (Wildman–Crippen LogP) is 18.4. The van der Waals surface area contributed by atoms with Crippen molar-refractivity contribution in [1.82, 2.24) is 15.0 Å². The number of thiophene rings is 1. The topological polar surface area (TPSA) is 38.7 Å². The Morgan fingerprint density at radius 2 is 0.865 bits per heavy atom. The normalized spacial score (nSPS) is 15.9. The van der Waals surface area contributed by atoms with E-state index in [2.05, 4.69) is 48.5 Å². The number of nitrogens with zero attached hydrogens (tertiary/aromatic N) is 3. The highest BCUT2D eigenvalue weighted by atomic mass is 32.1. The van der Waals surface area contributed by atoms with Gasteiger partial charge in [-0.3, -0.25) is 0 Å². The molecule has 0 bridgehead atoms. The van der Waals surface area contributed by atoms with E-state index >= 15 is 0 Å². The smallest absolute Gasteiger partial charge is 0.164 e. The lowest BCUT2D eigenvalue weighted by Crippen LogP contribution is -2.28. The Morgan fingerprint density at radius 1 is 0.324 bits per heavy atom. The molecule has 0 atom stereocenters. The van der Waals surface area contributed by atoms with Gasteiger partial charge in [0.15, 0.2) is 17.5 Å². The standard InChI is InChI=1S/C70H43N3S/c1-4-18-44(19-5-1)45-20-16-21-47(40-45)67-71-68(48-35-38-59-58-30-14-15-32-62(58)70(63(59)42-48,50-22-6-2-7-23-50)51-24-8-3-9-25-51)73-69(72-67)49-36-39-60-65(43-49)74-64-33-17-31-52(66(60)64)46-34-37-57-55-28-11-10-26-53(55)54-27-12-13-29-56(54)61(57)41-46/h1-43H/i10D,11D,12D,13D,17D,26D,27D,28D,29D,31D,33D,34D,36D,37D,39D,41D,43D. The van der Waals surface area contributed by atoms with E-state index in [1.165, 1.54) is 0 Å². The van der Waals surface area contributed by atoms with Gasteiger partial charge in [-0.15, -0.1) is 11.3 Å². The van der Waals surface area contributed by atoms with Crippen LogP contribution in [0.2, 0.25) is 0 Å². The van der Waals surface area contributed by atoms with Crippen molar-refractivity contribution in [2.24, 2.45) is 0 Å². The molecule has 0 saturated carbocycles. The summed E-state index contributed by atoms with van der Waals surface area (Å²) >= 11 is 0.814. The van der Waals surface area contributed by atoms with Gasteiger partial charge in [0.05, 0.1) is 28.7 Å². The van der Waals surface area contributed by atoms with Gasteiger partial charge in [-0.25, -0.2) is 15.0 Å². The highest BCUT2D eigenvalue weighted by Gasteiger charge is 2.46. The fourth-order valence-electron chi connectivity index (χ4n) is 10.8. The maximum atomic E-state index is 10.2. The van der Waals surface area contributed by atoms with Gasteiger partial charge in [-0.2, -0.15) is 0 Å². The van der Waals surface area contributed by atoms with Crippen LogP contribution in [0.25, 0.3) is 120 Å². The van der Waals surface area contributed by atoms with Crippen molar-refractivity contribution >= 4 is 63.8 Å². The molecule has 0 radical (unpaired) electrons. The highest BCUT2D eigenvalue weighted by molar-refractivity contribution is 7.26. The first kappa shape index (κ1) is 28.6. The summed E-state index contributed by atoms with van der Waals surface area (Å²) in [5.41, 5.74) is 7.15.